The van der Waals surface area contributed by atoms with Crippen LogP contribution in [0.5, 0.6) is 0 Å². The molecule has 0 aliphatic heterocycles. The first-order chi connectivity index (χ1) is 9.69. The first kappa shape index (κ1) is 14.1. The standard InChI is InChI=1S/C14H15Br2N3O/c1-2-17-13-8-5-3-4-6-10(8)18-14(19-13)11-7-9(15)12(16)20-11/h7H,2-6H2,1H3,(H,17,18,19). The van der Waals surface area contributed by atoms with Gasteiger partial charge in [-0.3, -0.25) is 0 Å². The number of aromatic nitrogens is 2. The van der Waals surface area contributed by atoms with Crippen molar-refractivity contribution >= 4 is 37.7 Å². The minimum Gasteiger partial charge on any atom is -0.445 e. The molecule has 0 bridgehead atoms. The molecule has 1 aliphatic carbocycles. The van der Waals surface area contributed by atoms with Gasteiger partial charge in [0, 0.05) is 23.9 Å². The highest BCUT2D eigenvalue weighted by molar-refractivity contribution is 9.13. The molecule has 3 rings (SSSR count). The third-order valence-corrected chi connectivity index (χ3v) is 5.10. The molecule has 2 aromatic rings. The third kappa shape index (κ3) is 2.63. The number of hydrogen-bond donors (Lipinski definition) is 1. The fourth-order valence-corrected chi connectivity index (χ4v) is 3.05. The predicted molar refractivity (Wildman–Crippen MR) is 85.9 cm³/mol. The SMILES string of the molecule is CCNc1nc(-c2cc(Br)c(Br)o2)nc2c1CCCC2. The second-order valence-corrected chi connectivity index (χ2v) is 6.37. The van der Waals surface area contributed by atoms with Gasteiger partial charge in [-0.15, -0.1) is 0 Å². The van der Waals surface area contributed by atoms with Crippen LogP contribution in [0.1, 0.15) is 31.0 Å². The number of halogens is 2. The molecule has 0 atom stereocenters. The van der Waals surface area contributed by atoms with Gasteiger partial charge >= 0.3 is 0 Å². The summed E-state index contributed by atoms with van der Waals surface area (Å²) in [5, 5.41) is 3.35. The summed E-state index contributed by atoms with van der Waals surface area (Å²) >= 11 is 6.78. The van der Waals surface area contributed by atoms with E-state index in [4.69, 9.17) is 9.40 Å². The van der Waals surface area contributed by atoms with Gasteiger partial charge in [0.25, 0.3) is 0 Å². The minimum absolute atomic E-state index is 0.646. The van der Waals surface area contributed by atoms with Gasteiger partial charge in [0.2, 0.25) is 0 Å². The quantitative estimate of drug-likeness (QED) is 0.819. The molecule has 1 N–H and O–H groups in total. The monoisotopic (exact) mass is 399 g/mol. The minimum atomic E-state index is 0.646. The lowest BCUT2D eigenvalue weighted by molar-refractivity contribution is 0.548. The van der Waals surface area contributed by atoms with Gasteiger partial charge in [-0.2, -0.15) is 0 Å². The lowest BCUT2D eigenvalue weighted by Crippen LogP contribution is -2.13. The molecule has 20 heavy (non-hydrogen) atoms. The number of fused-ring (bicyclic) bond motifs is 1. The third-order valence-electron chi connectivity index (χ3n) is 3.39. The Morgan fingerprint density at radius 3 is 2.75 bits per heavy atom. The molecule has 0 amide bonds. The van der Waals surface area contributed by atoms with E-state index in [2.05, 4.69) is 49.1 Å². The van der Waals surface area contributed by atoms with Gasteiger partial charge in [-0.1, -0.05) is 0 Å². The fraction of sp³-hybridized carbons (Fsp3) is 0.429. The first-order valence-electron chi connectivity index (χ1n) is 6.78. The van der Waals surface area contributed by atoms with Crippen molar-refractivity contribution in [3.05, 3.63) is 26.5 Å². The summed E-state index contributed by atoms with van der Waals surface area (Å²) < 4.78 is 7.18. The highest BCUT2D eigenvalue weighted by atomic mass is 79.9. The number of nitrogens with one attached hydrogen (secondary N) is 1. The van der Waals surface area contributed by atoms with Crippen LogP contribution in [0.3, 0.4) is 0 Å². The second kappa shape index (κ2) is 5.85. The van der Waals surface area contributed by atoms with Crippen molar-refractivity contribution in [2.45, 2.75) is 32.6 Å². The molecule has 4 nitrogen and oxygen atoms in total. The molecule has 2 aromatic heterocycles. The summed E-state index contributed by atoms with van der Waals surface area (Å²) in [7, 11) is 0. The maximum Gasteiger partial charge on any atom is 0.197 e. The van der Waals surface area contributed by atoms with Crippen LogP contribution < -0.4 is 5.32 Å². The van der Waals surface area contributed by atoms with E-state index < -0.39 is 0 Å². The van der Waals surface area contributed by atoms with E-state index in [9.17, 15) is 0 Å². The fourth-order valence-electron chi connectivity index (χ4n) is 2.47. The summed E-state index contributed by atoms with van der Waals surface area (Å²) in [6, 6.07) is 1.89. The van der Waals surface area contributed by atoms with Crippen LogP contribution in [0.4, 0.5) is 5.82 Å². The molecule has 0 fully saturated rings. The second-order valence-electron chi connectivity index (χ2n) is 4.79. The molecule has 0 aromatic carbocycles. The molecule has 0 saturated carbocycles. The van der Waals surface area contributed by atoms with Gasteiger partial charge < -0.3 is 9.73 Å². The largest absolute Gasteiger partial charge is 0.445 e. The van der Waals surface area contributed by atoms with Gasteiger partial charge in [0.05, 0.1) is 4.47 Å². The number of anilines is 1. The average molecular weight is 401 g/mol. The van der Waals surface area contributed by atoms with Crippen LogP contribution >= 0.6 is 31.9 Å². The zero-order chi connectivity index (χ0) is 14.1. The smallest absolute Gasteiger partial charge is 0.197 e. The number of hydrogen-bond acceptors (Lipinski definition) is 4. The maximum absolute atomic E-state index is 5.64. The predicted octanol–water partition coefficient (Wildman–Crippen LogP) is 4.57. The summed E-state index contributed by atoms with van der Waals surface area (Å²) in [5.41, 5.74) is 2.42. The Labute approximate surface area is 134 Å². The Kier molecular flexibility index (Phi) is 4.12. The number of furan rings is 1. The van der Waals surface area contributed by atoms with Crippen LogP contribution in [0, 0.1) is 0 Å². The van der Waals surface area contributed by atoms with Crippen LogP contribution in [0.2, 0.25) is 0 Å². The molecule has 106 valence electrons. The van der Waals surface area contributed by atoms with E-state index in [-0.39, 0.29) is 0 Å². The zero-order valence-corrected chi connectivity index (χ0v) is 14.3. The van der Waals surface area contributed by atoms with Crippen LogP contribution in [0.25, 0.3) is 11.6 Å². The van der Waals surface area contributed by atoms with Gasteiger partial charge in [0.1, 0.15) is 5.82 Å². The van der Waals surface area contributed by atoms with Crippen molar-refractivity contribution in [2.75, 3.05) is 11.9 Å². The van der Waals surface area contributed by atoms with E-state index in [0.717, 1.165) is 35.4 Å². The number of nitrogens with zero attached hydrogens (tertiary/aromatic N) is 2. The first-order valence-corrected chi connectivity index (χ1v) is 8.36. The molecule has 0 spiro atoms. The van der Waals surface area contributed by atoms with Gasteiger partial charge in [-0.05, 0) is 64.5 Å². The Bertz CT molecular complexity index is 620. The summed E-state index contributed by atoms with van der Waals surface area (Å²) in [5.74, 6) is 2.28. The number of rotatable bonds is 3. The van der Waals surface area contributed by atoms with E-state index in [1.165, 1.54) is 18.4 Å². The molecule has 2 heterocycles. The van der Waals surface area contributed by atoms with Crippen molar-refractivity contribution in [1.29, 1.82) is 0 Å². The Morgan fingerprint density at radius 2 is 2.05 bits per heavy atom. The van der Waals surface area contributed by atoms with Crippen LogP contribution in [-0.4, -0.2) is 16.5 Å². The Hall–Kier alpha value is -0.880. The highest BCUT2D eigenvalue weighted by Gasteiger charge is 2.20. The van der Waals surface area contributed by atoms with E-state index >= 15 is 0 Å². The van der Waals surface area contributed by atoms with Crippen molar-refractivity contribution in [2.24, 2.45) is 0 Å². The van der Waals surface area contributed by atoms with E-state index in [1.54, 1.807) is 0 Å². The van der Waals surface area contributed by atoms with Gasteiger partial charge in [-0.25, -0.2) is 9.97 Å². The lowest BCUT2D eigenvalue weighted by atomic mass is 9.96. The van der Waals surface area contributed by atoms with Crippen LogP contribution in [0.15, 0.2) is 19.6 Å². The van der Waals surface area contributed by atoms with Crippen molar-refractivity contribution < 1.29 is 4.42 Å². The van der Waals surface area contributed by atoms with Crippen molar-refractivity contribution in [3.8, 4) is 11.6 Å². The number of aryl methyl sites for hydroxylation is 1. The van der Waals surface area contributed by atoms with Crippen LogP contribution in [-0.2, 0) is 12.8 Å². The Balaban J connectivity index is 2.09. The zero-order valence-electron chi connectivity index (χ0n) is 11.2. The topological polar surface area (TPSA) is 51.0 Å². The van der Waals surface area contributed by atoms with Crippen molar-refractivity contribution in [1.82, 2.24) is 9.97 Å². The molecular formula is C14H15Br2N3O. The van der Waals surface area contributed by atoms with E-state index in [0.29, 0.717) is 16.3 Å². The summed E-state index contributed by atoms with van der Waals surface area (Å²) in [4.78, 5) is 9.34. The maximum atomic E-state index is 5.64. The summed E-state index contributed by atoms with van der Waals surface area (Å²) in [6.45, 7) is 2.94. The molecule has 0 radical (unpaired) electrons. The molecule has 0 unspecified atom stereocenters. The van der Waals surface area contributed by atoms with Gasteiger partial charge in [0.15, 0.2) is 16.3 Å². The molecule has 6 heteroatoms. The average Bonchev–Trinajstić information content (AvgIpc) is 2.79. The normalized spacial score (nSPS) is 14.2. The lowest BCUT2D eigenvalue weighted by Gasteiger charge is -2.19. The Morgan fingerprint density at radius 1 is 1.25 bits per heavy atom. The molecular weight excluding hydrogens is 386 g/mol. The molecule has 0 saturated heterocycles. The van der Waals surface area contributed by atoms with E-state index in [1.807, 2.05) is 6.07 Å². The highest BCUT2D eigenvalue weighted by Crippen LogP contribution is 2.33. The molecule has 1 aliphatic rings. The van der Waals surface area contributed by atoms with Crippen molar-refractivity contribution in [3.63, 3.8) is 0 Å². The summed E-state index contributed by atoms with van der Waals surface area (Å²) in [6.07, 6.45) is 4.49.